The van der Waals surface area contributed by atoms with E-state index in [0.29, 0.717) is 17.1 Å². The van der Waals surface area contributed by atoms with Gasteiger partial charge in [-0.2, -0.15) is 0 Å². The minimum Gasteiger partial charge on any atom is -0.354 e. The van der Waals surface area contributed by atoms with Crippen molar-refractivity contribution in [1.29, 1.82) is 0 Å². The van der Waals surface area contributed by atoms with Gasteiger partial charge in [-0.3, -0.25) is 13.9 Å². The Morgan fingerprint density at radius 1 is 1.03 bits per heavy atom. The lowest BCUT2D eigenvalue weighted by Crippen LogP contribution is -2.51. The van der Waals surface area contributed by atoms with Gasteiger partial charge in [0.15, 0.2) is 0 Å². The van der Waals surface area contributed by atoms with Gasteiger partial charge in [0.2, 0.25) is 21.8 Å². The molecular formula is C23H28Cl3N3O4S. The van der Waals surface area contributed by atoms with Crippen LogP contribution in [0.5, 0.6) is 0 Å². The molecule has 2 rings (SSSR count). The SMILES string of the molecule is CCCCNC(=O)[C@H](C)N(Cc1ccccc1Cl)C(=O)CN(c1cccc(Cl)c1Cl)S(C)(=O)=O. The summed E-state index contributed by atoms with van der Waals surface area (Å²) in [6, 6.07) is 10.6. The first-order valence-corrected chi connectivity index (χ1v) is 13.7. The maximum Gasteiger partial charge on any atom is 0.244 e. The summed E-state index contributed by atoms with van der Waals surface area (Å²) < 4.78 is 26.1. The van der Waals surface area contributed by atoms with E-state index in [0.717, 1.165) is 23.4 Å². The van der Waals surface area contributed by atoms with E-state index in [1.807, 2.05) is 6.92 Å². The number of hydrogen-bond acceptors (Lipinski definition) is 4. The summed E-state index contributed by atoms with van der Waals surface area (Å²) in [4.78, 5) is 27.6. The van der Waals surface area contributed by atoms with Gasteiger partial charge in [0, 0.05) is 18.1 Å². The van der Waals surface area contributed by atoms with Crippen LogP contribution in [-0.4, -0.2) is 50.5 Å². The molecule has 0 saturated carbocycles. The van der Waals surface area contributed by atoms with Gasteiger partial charge in [-0.1, -0.05) is 72.4 Å². The average molecular weight is 549 g/mol. The van der Waals surface area contributed by atoms with Crippen molar-refractivity contribution in [3.05, 3.63) is 63.1 Å². The lowest BCUT2D eigenvalue weighted by Gasteiger charge is -2.32. The molecule has 2 amide bonds. The summed E-state index contributed by atoms with van der Waals surface area (Å²) >= 11 is 18.6. The van der Waals surface area contributed by atoms with Crippen molar-refractivity contribution in [3.8, 4) is 0 Å². The molecule has 0 saturated heterocycles. The van der Waals surface area contributed by atoms with Gasteiger partial charge in [-0.05, 0) is 37.1 Å². The number of hydrogen-bond donors (Lipinski definition) is 1. The van der Waals surface area contributed by atoms with Crippen LogP contribution in [0, 0.1) is 0 Å². The fourth-order valence-electron chi connectivity index (χ4n) is 3.21. The third-order valence-corrected chi connectivity index (χ3v) is 7.48. The van der Waals surface area contributed by atoms with E-state index in [2.05, 4.69) is 5.32 Å². The molecule has 1 N–H and O–H groups in total. The van der Waals surface area contributed by atoms with Crippen molar-refractivity contribution < 1.29 is 18.0 Å². The van der Waals surface area contributed by atoms with Crippen molar-refractivity contribution in [1.82, 2.24) is 10.2 Å². The van der Waals surface area contributed by atoms with Gasteiger partial charge in [0.25, 0.3) is 0 Å². The Morgan fingerprint density at radius 3 is 2.29 bits per heavy atom. The molecule has 0 aliphatic rings. The molecule has 0 aliphatic heterocycles. The Kier molecular flexibility index (Phi) is 10.5. The first kappa shape index (κ1) is 28.2. The molecule has 0 heterocycles. The van der Waals surface area contributed by atoms with E-state index >= 15 is 0 Å². The topological polar surface area (TPSA) is 86.8 Å². The summed E-state index contributed by atoms with van der Waals surface area (Å²) in [5.74, 6) is -0.944. The fourth-order valence-corrected chi connectivity index (χ4v) is 4.71. The van der Waals surface area contributed by atoms with Crippen molar-refractivity contribution in [2.75, 3.05) is 23.7 Å². The summed E-state index contributed by atoms with van der Waals surface area (Å²) in [6.07, 6.45) is 2.67. The van der Waals surface area contributed by atoms with Crippen LogP contribution in [0.3, 0.4) is 0 Å². The Labute approximate surface area is 216 Å². The van der Waals surface area contributed by atoms with Crippen LogP contribution >= 0.6 is 34.8 Å². The van der Waals surface area contributed by atoms with E-state index < -0.39 is 28.5 Å². The number of anilines is 1. The van der Waals surface area contributed by atoms with Gasteiger partial charge in [0.1, 0.15) is 12.6 Å². The number of unbranched alkanes of at least 4 members (excludes halogenated alkanes) is 1. The van der Waals surface area contributed by atoms with E-state index in [1.165, 1.54) is 23.1 Å². The highest BCUT2D eigenvalue weighted by Gasteiger charge is 2.31. The molecule has 34 heavy (non-hydrogen) atoms. The highest BCUT2D eigenvalue weighted by atomic mass is 35.5. The molecule has 0 radical (unpaired) electrons. The third-order valence-electron chi connectivity index (χ3n) is 5.17. The molecule has 0 spiro atoms. The van der Waals surface area contributed by atoms with Gasteiger partial charge < -0.3 is 10.2 Å². The van der Waals surface area contributed by atoms with Crippen LogP contribution in [0.2, 0.25) is 15.1 Å². The number of carbonyl (C=O) groups excluding carboxylic acids is 2. The van der Waals surface area contributed by atoms with Crippen molar-refractivity contribution in [2.24, 2.45) is 0 Å². The Bertz CT molecular complexity index is 1130. The molecule has 0 bridgehead atoms. The summed E-state index contributed by atoms with van der Waals surface area (Å²) in [5.41, 5.74) is 0.695. The maximum atomic E-state index is 13.5. The van der Waals surface area contributed by atoms with E-state index in [4.69, 9.17) is 34.8 Å². The van der Waals surface area contributed by atoms with Crippen LogP contribution in [0.4, 0.5) is 5.69 Å². The first-order valence-electron chi connectivity index (χ1n) is 10.7. The largest absolute Gasteiger partial charge is 0.354 e. The number of benzene rings is 2. The molecule has 2 aromatic carbocycles. The zero-order valence-corrected chi connectivity index (χ0v) is 22.3. The maximum absolute atomic E-state index is 13.5. The Morgan fingerprint density at radius 2 is 1.68 bits per heavy atom. The molecule has 0 aromatic heterocycles. The summed E-state index contributed by atoms with van der Waals surface area (Å²) in [6.45, 7) is 3.51. The Hall–Kier alpha value is -2.00. The smallest absolute Gasteiger partial charge is 0.244 e. The molecule has 7 nitrogen and oxygen atoms in total. The number of carbonyl (C=O) groups is 2. The number of nitrogens with one attached hydrogen (secondary N) is 1. The highest BCUT2D eigenvalue weighted by Crippen LogP contribution is 2.33. The second-order valence-electron chi connectivity index (χ2n) is 7.78. The zero-order valence-electron chi connectivity index (χ0n) is 19.2. The molecule has 0 unspecified atom stereocenters. The number of rotatable bonds is 11. The van der Waals surface area contributed by atoms with Crippen LogP contribution in [0.1, 0.15) is 32.3 Å². The van der Waals surface area contributed by atoms with Gasteiger partial charge in [-0.25, -0.2) is 8.42 Å². The van der Waals surface area contributed by atoms with Crippen LogP contribution < -0.4 is 9.62 Å². The first-order chi connectivity index (χ1) is 16.0. The van der Waals surface area contributed by atoms with Gasteiger partial charge in [-0.15, -0.1) is 0 Å². The van der Waals surface area contributed by atoms with Crippen LogP contribution in [-0.2, 0) is 26.2 Å². The lowest BCUT2D eigenvalue weighted by atomic mass is 10.1. The average Bonchev–Trinajstić information content (AvgIpc) is 2.77. The van der Waals surface area contributed by atoms with Crippen molar-refractivity contribution in [3.63, 3.8) is 0 Å². The van der Waals surface area contributed by atoms with Gasteiger partial charge >= 0.3 is 0 Å². The van der Waals surface area contributed by atoms with E-state index in [1.54, 1.807) is 31.2 Å². The second kappa shape index (κ2) is 12.6. The normalized spacial score (nSPS) is 12.2. The molecule has 1 atom stereocenters. The molecule has 0 fully saturated rings. The zero-order chi connectivity index (χ0) is 25.5. The van der Waals surface area contributed by atoms with Crippen LogP contribution in [0.15, 0.2) is 42.5 Å². The van der Waals surface area contributed by atoms with Crippen LogP contribution in [0.25, 0.3) is 0 Å². The predicted molar refractivity (Wildman–Crippen MR) is 138 cm³/mol. The standard InChI is InChI=1S/C23H28Cl3N3O4S/c1-4-5-13-27-23(31)16(2)28(14-17-9-6-7-10-18(17)24)21(30)15-29(34(3,32)33)20-12-8-11-19(25)22(20)26/h6-12,16H,4-5,13-15H2,1-3H3,(H,27,31)/t16-/m0/s1. The lowest BCUT2D eigenvalue weighted by molar-refractivity contribution is -0.139. The minimum absolute atomic E-state index is 0.00500. The molecule has 0 aliphatic carbocycles. The molecular weight excluding hydrogens is 521 g/mol. The number of sulfonamides is 1. The quantitative estimate of drug-likeness (QED) is 0.411. The molecule has 186 valence electrons. The number of halogens is 3. The van der Waals surface area contributed by atoms with Crippen molar-refractivity contribution in [2.45, 2.75) is 39.3 Å². The van der Waals surface area contributed by atoms with Gasteiger partial charge in [0.05, 0.1) is 22.0 Å². The molecule has 11 heteroatoms. The monoisotopic (exact) mass is 547 g/mol. The fraction of sp³-hybridized carbons (Fsp3) is 0.391. The number of nitrogens with zero attached hydrogens (tertiary/aromatic N) is 2. The summed E-state index contributed by atoms with van der Waals surface area (Å²) in [7, 11) is -3.91. The number of amides is 2. The van der Waals surface area contributed by atoms with Crippen molar-refractivity contribution >= 4 is 62.3 Å². The Balaban J connectivity index is 2.41. The van der Waals surface area contributed by atoms with E-state index in [-0.39, 0.29) is 28.2 Å². The minimum atomic E-state index is -3.91. The highest BCUT2D eigenvalue weighted by molar-refractivity contribution is 7.92. The summed E-state index contributed by atoms with van der Waals surface area (Å²) in [5, 5.41) is 3.40. The predicted octanol–water partition coefficient (Wildman–Crippen LogP) is 4.75. The van der Waals surface area contributed by atoms with E-state index in [9.17, 15) is 18.0 Å². The third kappa shape index (κ3) is 7.50. The second-order valence-corrected chi connectivity index (χ2v) is 10.9. The molecule has 2 aromatic rings.